The molecule has 0 aliphatic rings. The third kappa shape index (κ3) is 6.18. The first-order chi connectivity index (χ1) is 12.9. The van der Waals surface area contributed by atoms with Gasteiger partial charge in [0.2, 0.25) is 0 Å². The first-order valence-electron chi connectivity index (χ1n) is 8.38. The van der Waals surface area contributed by atoms with Gasteiger partial charge in [-0.05, 0) is 35.7 Å². The smallest absolute Gasteiger partial charge is 0.329 e. The van der Waals surface area contributed by atoms with E-state index in [2.05, 4.69) is 5.32 Å². The van der Waals surface area contributed by atoms with Crippen molar-refractivity contribution in [3.8, 4) is 5.75 Å². The van der Waals surface area contributed by atoms with E-state index < -0.39 is 23.8 Å². The van der Waals surface area contributed by atoms with Crippen LogP contribution in [0.3, 0.4) is 0 Å². The zero-order valence-corrected chi connectivity index (χ0v) is 15.1. The molecule has 8 nitrogen and oxygen atoms in total. The van der Waals surface area contributed by atoms with Gasteiger partial charge >= 0.3 is 5.97 Å². The fourth-order valence-corrected chi connectivity index (χ4v) is 2.24. The number of benzene rings is 1. The van der Waals surface area contributed by atoms with E-state index in [1.165, 1.54) is 12.3 Å². The fraction of sp³-hybridized carbons (Fsp3) is 0.316. The Morgan fingerprint density at radius 2 is 1.96 bits per heavy atom. The molecule has 0 aliphatic heterocycles. The molecule has 1 atom stereocenters. The van der Waals surface area contributed by atoms with Gasteiger partial charge in [0.25, 0.3) is 11.8 Å². The number of carbonyl (C=O) groups is 3. The van der Waals surface area contributed by atoms with Crippen LogP contribution in [0.4, 0.5) is 0 Å². The quantitative estimate of drug-likeness (QED) is 0.644. The maximum atomic E-state index is 12.4. The van der Waals surface area contributed by atoms with Crippen LogP contribution in [0.25, 0.3) is 0 Å². The number of ether oxygens (including phenoxy) is 2. The molecule has 0 bridgehead atoms. The number of nitrogens with one attached hydrogen (secondary N) is 1. The molecular formula is C19H22N2O6. The van der Waals surface area contributed by atoms with Gasteiger partial charge in [-0.3, -0.25) is 9.59 Å². The summed E-state index contributed by atoms with van der Waals surface area (Å²) in [5.41, 5.74) is 5.71. The molecule has 144 valence electrons. The molecule has 0 fully saturated rings. The summed E-state index contributed by atoms with van der Waals surface area (Å²) < 4.78 is 15.6. The number of furan rings is 1. The first-order valence-corrected chi connectivity index (χ1v) is 8.38. The lowest BCUT2D eigenvalue weighted by atomic mass is 10.0. The Morgan fingerprint density at radius 1 is 1.19 bits per heavy atom. The van der Waals surface area contributed by atoms with Gasteiger partial charge in [-0.25, -0.2) is 4.79 Å². The molecular weight excluding hydrogens is 352 g/mol. The Balaban J connectivity index is 1.94. The summed E-state index contributed by atoms with van der Waals surface area (Å²) >= 11 is 0. The van der Waals surface area contributed by atoms with Gasteiger partial charge in [-0.2, -0.15) is 0 Å². The maximum Gasteiger partial charge on any atom is 0.329 e. The average Bonchev–Trinajstić information content (AvgIpc) is 3.17. The van der Waals surface area contributed by atoms with Gasteiger partial charge in [-0.15, -0.1) is 0 Å². The van der Waals surface area contributed by atoms with Gasteiger partial charge in [0.05, 0.1) is 6.26 Å². The number of amides is 2. The normalized spacial score (nSPS) is 11.7. The van der Waals surface area contributed by atoms with Crippen LogP contribution in [0.15, 0.2) is 47.1 Å². The van der Waals surface area contributed by atoms with Crippen molar-refractivity contribution in [3.63, 3.8) is 0 Å². The molecule has 0 unspecified atom stereocenters. The molecule has 0 aliphatic carbocycles. The lowest BCUT2D eigenvalue weighted by molar-refractivity contribution is -0.148. The monoisotopic (exact) mass is 374 g/mol. The molecule has 1 aromatic heterocycles. The number of esters is 1. The van der Waals surface area contributed by atoms with Gasteiger partial charge < -0.3 is 24.9 Å². The maximum absolute atomic E-state index is 12.4. The second kappa shape index (κ2) is 9.42. The number of primary amides is 1. The van der Waals surface area contributed by atoms with Crippen molar-refractivity contribution in [3.05, 3.63) is 54.0 Å². The van der Waals surface area contributed by atoms with Crippen molar-refractivity contribution < 1.29 is 28.3 Å². The zero-order valence-electron chi connectivity index (χ0n) is 15.1. The van der Waals surface area contributed by atoms with Crippen LogP contribution in [0.1, 0.15) is 30.0 Å². The molecule has 2 rings (SSSR count). The van der Waals surface area contributed by atoms with E-state index >= 15 is 0 Å². The van der Waals surface area contributed by atoms with Gasteiger partial charge in [0.15, 0.2) is 12.4 Å². The Kier molecular flexibility index (Phi) is 6.99. The van der Waals surface area contributed by atoms with Crippen molar-refractivity contribution in [2.75, 3.05) is 6.61 Å². The van der Waals surface area contributed by atoms with Crippen molar-refractivity contribution >= 4 is 17.8 Å². The average molecular weight is 374 g/mol. The highest BCUT2D eigenvalue weighted by atomic mass is 16.5. The first kappa shape index (κ1) is 20.0. The van der Waals surface area contributed by atoms with Crippen LogP contribution in [-0.4, -0.2) is 30.4 Å². The van der Waals surface area contributed by atoms with Crippen LogP contribution in [-0.2, 0) is 20.9 Å². The van der Waals surface area contributed by atoms with Gasteiger partial charge in [0, 0.05) is 0 Å². The van der Waals surface area contributed by atoms with Crippen molar-refractivity contribution in [1.82, 2.24) is 5.32 Å². The molecule has 0 saturated carbocycles. The topological polar surface area (TPSA) is 121 Å². The van der Waals surface area contributed by atoms with E-state index in [1.807, 2.05) is 0 Å². The molecule has 1 aromatic carbocycles. The highest BCUT2D eigenvalue weighted by Crippen LogP contribution is 2.15. The summed E-state index contributed by atoms with van der Waals surface area (Å²) in [6.45, 7) is 3.35. The Morgan fingerprint density at radius 3 is 2.59 bits per heavy atom. The van der Waals surface area contributed by atoms with E-state index in [4.69, 9.17) is 19.6 Å². The largest absolute Gasteiger partial charge is 0.484 e. The van der Waals surface area contributed by atoms with E-state index in [-0.39, 0.29) is 24.9 Å². The van der Waals surface area contributed by atoms with Crippen molar-refractivity contribution in [2.45, 2.75) is 26.5 Å². The SMILES string of the molecule is CC(C)[C@H](NC(=O)c1ccco1)C(=O)OCc1cccc(OCC(N)=O)c1. The number of carbonyl (C=O) groups excluding carboxylic acids is 3. The summed E-state index contributed by atoms with van der Waals surface area (Å²) in [7, 11) is 0. The van der Waals surface area contributed by atoms with Gasteiger partial charge in [-0.1, -0.05) is 26.0 Å². The Bertz CT molecular complexity index is 785. The fourth-order valence-electron chi connectivity index (χ4n) is 2.24. The van der Waals surface area contributed by atoms with Crippen LogP contribution >= 0.6 is 0 Å². The minimum absolute atomic E-state index is 0.00749. The molecule has 0 saturated heterocycles. The molecule has 2 amide bonds. The predicted molar refractivity (Wildman–Crippen MR) is 95.7 cm³/mol. The highest BCUT2D eigenvalue weighted by molar-refractivity contribution is 5.94. The van der Waals surface area contributed by atoms with E-state index in [9.17, 15) is 14.4 Å². The summed E-state index contributed by atoms with van der Waals surface area (Å²) in [5.74, 6) is -1.26. The van der Waals surface area contributed by atoms with Crippen LogP contribution in [0.2, 0.25) is 0 Å². The molecule has 2 aromatic rings. The molecule has 0 spiro atoms. The summed E-state index contributed by atoms with van der Waals surface area (Å²) in [4.78, 5) is 35.3. The number of rotatable bonds is 9. The Labute approximate surface area is 156 Å². The van der Waals surface area contributed by atoms with Gasteiger partial charge in [0.1, 0.15) is 18.4 Å². The molecule has 8 heteroatoms. The van der Waals surface area contributed by atoms with Crippen LogP contribution in [0.5, 0.6) is 5.75 Å². The predicted octanol–water partition coefficient (Wildman–Crippen LogP) is 1.64. The standard InChI is InChI=1S/C19H22N2O6/c1-12(2)17(21-18(23)15-7-4-8-25-15)19(24)27-10-13-5-3-6-14(9-13)26-11-16(20)22/h3-9,12,17H,10-11H2,1-2H3,(H2,20,22)(H,21,23)/t17-/m0/s1. The molecule has 27 heavy (non-hydrogen) atoms. The Hall–Kier alpha value is -3.29. The number of hydrogen-bond acceptors (Lipinski definition) is 6. The number of nitrogens with two attached hydrogens (primary N) is 1. The minimum Gasteiger partial charge on any atom is -0.484 e. The molecule has 3 N–H and O–H groups in total. The second-order valence-corrected chi connectivity index (χ2v) is 6.18. The highest BCUT2D eigenvalue weighted by Gasteiger charge is 2.27. The third-order valence-electron chi connectivity index (χ3n) is 3.61. The summed E-state index contributed by atoms with van der Waals surface area (Å²) in [6, 6.07) is 9.03. The molecule has 1 heterocycles. The lowest BCUT2D eigenvalue weighted by Crippen LogP contribution is -2.45. The van der Waals surface area contributed by atoms with Crippen molar-refractivity contribution in [2.24, 2.45) is 11.7 Å². The third-order valence-corrected chi connectivity index (χ3v) is 3.61. The lowest BCUT2D eigenvalue weighted by Gasteiger charge is -2.20. The number of hydrogen-bond donors (Lipinski definition) is 2. The summed E-state index contributed by atoms with van der Waals surface area (Å²) in [6.07, 6.45) is 1.38. The second-order valence-electron chi connectivity index (χ2n) is 6.18. The molecule has 0 radical (unpaired) electrons. The van der Waals surface area contributed by atoms with E-state index in [0.29, 0.717) is 11.3 Å². The van der Waals surface area contributed by atoms with E-state index in [0.717, 1.165) is 0 Å². The van der Waals surface area contributed by atoms with Crippen LogP contribution < -0.4 is 15.8 Å². The minimum atomic E-state index is -0.822. The van der Waals surface area contributed by atoms with Crippen LogP contribution in [0, 0.1) is 5.92 Å². The summed E-state index contributed by atoms with van der Waals surface area (Å²) in [5, 5.41) is 2.62. The van der Waals surface area contributed by atoms with Crippen molar-refractivity contribution in [1.29, 1.82) is 0 Å². The van der Waals surface area contributed by atoms with E-state index in [1.54, 1.807) is 44.2 Å². The zero-order chi connectivity index (χ0) is 19.8.